The Labute approximate surface area is 179 Å². The van der Waals surface area contributed by atoms with Crippen molar-refractivity contribution >= 4 is 23.0 Å². The summed E-state index contributed by atoms with van der Waals surface area (Å²) in [6, 6.07) is 13.7. The molecule has 1 saturated heterocycles. The van der Waals surface area contributed by atoms with Gasteiger partial charge in [-0.15, -0.1) is 0 Å². The second-order valence-electron chi connectivity index (χ2n) is 7.28. The molecule has 1 fully saturated rings. The summed E-state index contributed by atoms with van der Waals surface area (Å²) in [7, 11) is 1.64. The maximum atomic E-state index is 13.5. The minimum absolute atomic E-state index is 0.0769. The van der Waals surface area contributed by atoms with Crippen LogP contribution in [0, 0.1) is 5.82 Å². The SMILES string of the molecule is COc1ccc(NC2CCN(c3cc(O)n(-c4ccc(F)c(Cl)c4)c3O)CC2)cc1. The van der Waals surface area contributed by atoms with Gasteiger partial charge in [0, 0.05) is 30.9 Å². The van der Waals surface area contributed by atoms with Crippen LogP contribution in [0.2, 0.25) is 5.02 Å². The first kappa shape index (κ1) is 20.2. The fraction of sp³-hybridized carbons (Fsp3) is 0.273. The van der Waals surface area contributed by atoms with Crippen LogP contribution in [0.4, 0.5) is 15.8 Å². The smallest absolute Gasteiger partial charge is 0.223 e. The number of nitrogens with zero attached hydrogens (tertiary/aromatic N) is 2. The number of anilines is 2. The first-order chi connectivity index (χ1) is 14.5. The molecule has 6 nitrogen and oxygen atoms in total. The summed E-state index contributed by atoms with van der Waals surface area (Å²) in [6.07, 6.45) is 1.75. The maximum absolute atomic E-state index is 13.5. The molecule has 4 rings (SSSR count). The molecule has 0 amide bonds. The zero-order chi connectivity index (χ0) is 21.3. The van der Waals surface area contributed by atoms with Crippen LogP contribution >= 0.6 is 11.6 Å². The van der Waals surface area contributed by atoms with E-state index in [0.29, 0.717) is 17.4 Å². The van der Waals surface area contributed by atoms with Crippen molar-refractivity contribution in [3.8, 4) is 23.2 Å². The monoisotopic (exact) mass is 431 g/mol. The Morgan fingerprint density at radius 1 is 1.07 bits per heavy atom. The van der Waals surface area contributed by atoms with Gasteiger partial charge in [-0.25, -0.2) is 8.96 Å². The van der Waals surface area contributed by atoms with Crippen LogP contribution in [-0.4, -0.2) is 41.0 Å². The molecule has 158 valence electrons. The third kappa shape index (κ3) is 3.98. The zero-order valence-corrected chi connectivity index (χ0v) is 17.2. The molecule has 30 heavy (non-hydrogen) atoms. The molecule has 0 aliphatic carbocycles. The first-order valence-corrected chi connectivity index (χ1v) is 10.1. The molecule has 3 aromatic rings. The Morgan fingerprint density at radius 2 is 1.77 bits per heavy atom. The average Bonchev–Trinajstić information content (AvgIpc) is 3.05. The predicted octanol–water partition coefficient (Wildman–Crippen LogP) is 4.77. The molecule has 2 heterocycles. The average molecular weight is 432 g/mol. The van der Waals surface area contributed by atoms with Crippen LogP contribution in [0.5, 0.6) is 17.5 Å². The zero-order valence-electron chi connectivity index (χ0n) is 16.5. The number of halogens is 2. The third-order valence-electron chi connectivity index (χ3n) is 5.39. The molecule has 0 radical (unpaired) electrons. The van der Waals surface area contributed by atoms with Crippen LogP contribution in [0.1, 0.15) is 12.8 Å². The second-order valence-corrected chi connectivity index (χ2v) is 7.69. The number of aromatic hydroxyl groups is 2. The lowest BCUT2D eigenvalue weighted by Crippen LogP contribution is -2.39. The van der Waals surface area contributed by atoms with E-state index in [1.54, 1.807) is 7.11 Å². The Bertz CT molecular complexity index is 1030. The van der Waals surface area contributed by atoms with Crippen molar-refractivity contribution in [1.82, 2.24) is 4.57 Å². The fourth-order valence-corrected chi connectivity index (χ4v) is 3.95. The van der Waals surface area contributed by atoms with E-state index >= 15 is 0 Å². The highest BCUT2D eigenvalue weighted by Gasteiger charge is 2.25. The van der Waals surface area contributed by atoms with E-state index in [2.05, 4.69) is 5.32 Å². The van der Waals surface area contributed by atoms with Gasteiger partial charge in [0.1, 0.15) is 17.3 Å². The number of nitrogens with one attached hydrogen (secondary N) is 1. The molecule has 0 saturated carbocycles. The van der Waals surface area contributed by atoms with Crippen molar-refractivity contribution in [2.24, 2.45) is 0 Å². The van der Waals surface area contributed by atoms with Crippen LogP contribution in [0.25, 0.3) is 5.69 Å². The molecule has 8 heteroatoms. The normalized spacial score (nSPS) is 14.7. The molecule has 1 aliphatic rings. The van der Waals surface area contributed by atoms with E-state index in [1.165, 1.54) is 28.8 Å². The highest BCUT2D eigenvalue weighted by atomic mass is 35.5. The Balaban J connectivity index is 1.45. The standard InChI is InChI=1S/C22H23ClFN3O3/c1-30-17-5-2-14(3-6-17)25-15-8-10-26(11-9-15)20-13-21(28)27(22(20)29)16-4-7-19(24)18(23)12-16/h2-7,12-13,15,25,28-29H,8-11H2,1H3. The summed E-state index contributed by atoms with van der Waals surface area (Å²) < 4.78 is 19.9. The lowest BCUT2D eigenvalue weighted by atomic mass is 10.0. The van der Waals surface area contributed by atoms with E-state index in [0.717, 1.165) is 37.4 Å². The quantitative estimate of drug-likeness (QED) is 0.543. The summed E-state index contributed by atoms with van der Waals surface area (Å²) in [5.41, 5.74) is 1.96. The van der Waals surface area contributed by atoms with Crippen molar-refractivity contribution < 1.29 is 19.3 Å². The topological polar surface area (TPSA) is 69.9 Å². The molecule has 0 bridgehead atoms. The summed E-state index contributed by atoms with van der Waals surface area (Å²) in [5, 5.41) is 24.5. The van der Waals surface area contributed by atoms with Gasteiger partial charge in [-0.3, -0.25) is 0 Å². The van der Waals surface area contributed by atoms with Gasteiger partial charge < -0.3 is 25.2 Å². The number of ether oxygens (including phenoxy) is 1. The largest absolute Gasteiger partial charge is 0.497 e. The number of methoxy groups -OCH3 is 1. The fourth-order valence-electron chi connectivity index (χ4n) is 3.77. The highest BCUT2D eigenvalue weighted by molar-refractivity contribution is 6.30. The van der Waals surface area contributed by atoms with Crippen LogP contribution in [0.15, 0.2) is 48.5 Å². The summed E-state index contributed by atoms with van der Waals surface area (Å²) in [4.78, 5) is 2.03. The van der Waals surface area contributed by atoms with Gasteiger partial charge in [0.05, 0.1) is 17.8 Å². The summed E-state index contributed by atoms with van der Waals surface area (Å²) in [6.45, 7) is 1.43. The molecular weight excluding hydrogens is 409 g/mol. The molecule has 0 atom stereocenters. The van der Waals surface area contributed by atoms with Gasteiger partial charge in [0.2, 0.25) is 11.8 Å². The lowest BCUT2D eigenvalue weighted by molar-refractivity contribution is 0.401. The molecular formula is C22H23ClFN3O3. The van der Waals surface area contributed by atoms with Crippen molar-refractivity contribution in [2.75, 3.05) is 30.4 Å². The Kier molecular flexibility index (Phi) is 5.63. The van der Waals surface area contributed by atoms with Gasteiger partial charge in [0.15, 0.2) is 0 Å². The van der Waals surface area contributed by atoms with Gasteiger partial charge in [-0.05, 0) is 55.3 Å². The van der Waals surface area contributed by atoms with Crippen LogP contribution in [0.3, 0.4) is 0 Å². The van der Waals surface area contributed by atoms with Gasteiger partial charge >= 0.3 is 0 Å². The first-order valence-electron chi connectivity index (χ1n) is 9.71. The van der Waals surface area contributed by atoms with Gasteiger partial charge in [-0.1, -0.05) is 11.6 Å². The Morgan fingerprint density at radius 3 is 2.40 bits per heavy atom. The van der Waals surface area contributed by atoms with Gasteiger partial charge in [0.25, 0.3) is 0 Å². The molecule has 1 aliphatic heterocycles. The number of piperidine rings is 1. The second kappa shape index (κ2) is 8.36. The summed E-state index contributed by atoms with van der Waals surface area (Å²) in [5.74, 6) is 0.0243. The summed E-state index contributed by atoms with van der Waals surface area (Å²) >= 11 is 5.85. The minimum atomic E-state index is -0.557. The third-order valence-corrected chi connectivity index (χ3v) is 5.68. The number of hydrogen-bond acceptors (Lipinski definition) is 5. The molecule has 1 aromatic heterocycles. The Hall–Kier alpha value is -3.06. The van der Waals surface area contributed by atoms with Crippen molar-refractivity contribution in [3.63, 3.8) is 0 Å². The number of aromatic nitrogens is 1. The van der Waals surface area contributed by atoms with Crippen LogP contribution < -0.4 is 15.0 Å². The van der Waals surface area contributed by atoms with Gasteiger partial charge in [-0.2, -0.15) is 0 Å². The lowest BCUT2D eigenvalue weighted by Gasteiger charge is -2.33. The van der Waals surface area contributed by atoms with E-state index in [1.807, 2.05) is 29.2 Å². The van der Waals surface area contributed by atoms with Crippen molar-refractivity contribution in [1.29, 1.82) is 0 Å². The van der Waals surface area contributed by atoms with E-state index in [-0.39, 0.29) is 16.8 Å². The predicted molar refractivity (Wildman–Crippen MR) is 116 cm³/mol. The highest BCUT2D eigenvalue weighted by Crippen LogP contribution is 2.39. The maximum Gasteiger partial charge on any atom is 0.223 e. The van der Waals surface area contributed by atoms with E-state index in [4.69, 9.17) is 16.3 Å². The molecule has 0 unspecified atom stereocenters. The molecule has 2 aromatic carbocycles. The van der Waals surface area contributed by atoms with Crippen molar-refractivity contribution in [3.05, 3.63) is 59.4 Å². The van der Waals surface area contributed by atoms with Crippen LogP contribution in [-0.2, 0) is 0 Å². The number of benzene rings is 2. The van der Waals surface area contributed by atoms with E-state index < -0.39 is 5.82 Å². The number of hydrogen-bond donors (Lipinski definition) is 3. The van der Waals surface area contributed by atoms with Crippen molar-refractivity contribution in [2.45, 2.75) is 18.9 Å². The minimum Gasteiger partial charge on any atom is -0.497 e. The van der Waals surface area contributed by atoms with E-state index in [9.17, 15) is 14.6 Å². The molecule has 0 spiro atoms. The molecule has 3 N–H and O–H groups in total. The number of rotatable bonds is 5.